The van der Waals surface area contributed by atoms with Crippen molar-refractivity contribution in [1.82, 2.24) is 10.1 Å². The van der Waals surface area contributed by atoms with Gasteiger partial charge in [-0.05, 0) is 26.7 Å². The van der Waals surface area contributed by atoms with Crippen LogP contribution in [0.1, 0.15) is 40.2 Å². The first-order chi connectivity index (χ1) is 14.0. The minimum absolute atomic E-state index is 0.350. The van der Waals surface area contributed by atoms with E-state index in [0.717, 1.165) is 42.3 Å². The predicted molar refractivity (Wildman–Crippen MR) is 118 cm³/mol. The average molecular weight is 404 g/mol. The van der Waals surface area contributed by atoms with Crippen molar-refractivity contribution < 1.29 is 14.4 Å². The molecule has 0 aliphatic carbocycles. The minimum Gasteiger partial charge on any atom is -0.389 e. The standard InChI is InChI=1S/C23H37N3O3/c1-6-26(7-2)23-21(22(24-29-23)19-12-10-9-11-13-19)16-25(14-18(4)5)15-20(27)17-28-8-3/h9-13,18,20,27H,6-8,14-17H2,1-5H3. The molecule has 1 aromatic heterocycles. The Labute approximate surface area is 175 Å². The van der Waals surface area contributed by atoms with Crippen molar-refractivity contribution in [3.05, 3.63) is 35.9 Å². The van der Waals surface area contributed by atoms with Gasteiger partial charge in [0.25, 0.3) is 0 Å². The maximum Gasteiger partial charge on any atom is 0.232 e. The topological polar surface area (TPSA) is 62.0 Å². The molecule has 0 aliphatic rings. The molecule has 6 nitrogen and oxygen atoms in total. The fraction of sp³-hybridized carbons (Fsp3) is 0.609. The van der Waals surface area contributed by atoms with Crippen LogP contribution >= 0.6 is 0 Å². The van der Waals surface area contributed by atoms with Gasteiger partial charge < -0.3 is 19.3 Å². The zero-order valence-corrected chi connectivity index (χ0v) is 18.6. The Balaban J connectivity index is 2.35. The third-order valence-electron chi connectivity index (χ3n) is 4.85. The van der Waals surface area contributed by atoms with Gasteiger partial charge in [-0.3, -0.25) is 4.90 Å². The molecule has 0 saturated heterocycles. The van der Waals surface area contributed by atoms with Gasteiger partial charge in [0.15, 0.2) is 0 Å². The van der Waals surface area contributed by atoms with Crippen LogP contribution in [0.15, 0.2) is 34.9 Å². The van der Waals surface area contributed by atoms with Gasteiger partial charge in [0.1, 0.15) is 5.69 Å². The average Bonchev–Trinajstić information content (AvgIpc) is 3.11. The highest BCUT2D eigenvalue weighted by atomic mass is 16.5. The van der Waals surface area contributed by atoms with Crippen LogP contribution in [-0.2, 0) is 11.3 Å². The second-order valence-electron chi connectivity index (χ2n) is 7.75. The van der Waals surface area contributed by atoms with E-state index in [1.54, 1.807) is 0 Å². The highest BCUT2D eigenvalue weighted by Gasteiger charge is 2.24. The van der Waals surface area contributed by atoms with Crippen LogP contribution in [0.3, 0.4) is 0 Å². The molecule has 0 saturated carbocycles. The summed E-state index contributed by atoms with van der Waals surface area (Å²) in [6.45, 7) is 15.3. The second-order valence-corrected chi connectivity index (χ2v) is 7.75. The third-order valence-corrected chi connectivity index (χ3v) is 4.85. The monoisotopic (exact) mass is 403 g/mol. The van der Waals surface area contributed by atoms with Crippen LogP contribution in [0, 0.1) is 5.92 Å². The summed E-state index contributed by atoms with van der Waals surface area (Å²) in [6.07, 6.45) is -0.523. The van der Waals surface area contributed by atoms with E-state index < -0.39 is 6.10 Å². The molecule has 0 bridgehead atoms. The zero-order chi connectivity index (χ0) is 21.2. The fourth-order valence-corrected chi connectivity index (χ4v) is 3.57. The zero-order valence-electron chi connectivity index (χ0n) is 18.6. The van der Waals surface area contributed by atoms with Crippen molar-refractivity contribution in [1.29, 1.82) is 0 Å². The molecule has 1 atom stereocenters. The minimum atomic E-state index is -0.523. The molecule has 0 amide bonds. The molecule has 1 N–H and O–H groups in total. The largest absolute Gasteiger partial charge is 0.389 e. The smallest absolute Gasteiger partial charge is 0.232 e. The SMILES string of the molecule is CCOCC(O)CN(Cc1c(-c2ccccc2)noc1N(CC)CC)CC(C)C. The number of benzene rings is 1. The number of anilines is 1. The summed E-state index contributed by atoms with van der Waals surface area (Å²) in [5.74, 6) is 1.30. The van der Waals surface area contributed by atoms with Crippen molar-refractivity contribution in [3.63, 3.8) is 0 Å². The van der Waals surface area contributed by atoms with Gasteiger partial charge in [0.2, 0.25) is 5.88 Å². The summed E-state index contributed by atoms with van der Waals surface area (Å²) in [7, 11) is 0. The summed E-state index contributed by atoms with van der Waals surface area (Å²) in [6, 6.07) is 10.2. The lowest BCUT2D eigenvalue weighted by Crippen LogP contribution is -2.37. The van der Waals surface area contributed by atoms with Crippen molar-refractivity contribution >= 4 is 5.88 Å². The Morgan fingerprint density at radius 2 is 1.76 bits per heavy atom. The first-order valence-electron chi connectivity index (χ1n) is 10.8. The maximum atomic E-state index is 10.4. The number of aliphatic hydroxyl groups excluding tert-OH is 1. The summed E-state index contributed by atoms with van der Waals surface area (Å²) in [5, 5.41) is 14.9. The van der Waals surface area contributed by atoms with Gasteiger partial charge in [-0.2, -0.15) is 0 Å². The highest BCUT2D eigenvalue weighted by molar-refractivity contribution is 5.68. The Hall–Kier alpha value is -1.89. The molecule has 0 aliphatic heterocycles. The number of rotatable bonds is 13. The predicted octanol–water partition coefficient (Wildman–Crippen LogP) is 4.04. The van der Waals surface area contributed by atoms with Gasteiger partial charge in [0.05, 0.1) is 18.3 Å². The van der Waals surface area contributed by atoms with Crippen LogP contribution in [0.2, 0.25) is 0 Å². The molecular weight excluding hydrogens is 366 g/mol. The second kappa shape index (κ2) is 12.0. The molecule has 1 aromatic carbocycles. The fourth-order valence-electron chi connectivity index (χ4n) is 3.57. The molecule has 2 rings (SSSR count). The van der Waals surface area contributed by atoms with E-state index in [9.17, 15) is 5.11 Å². The Morgan fingerprint density at radius 3 is 2.34 bits per heavy atom. The molecule has 6 heteroatoms. The van der Waals surface area contributed by atoms with Crippen LogP contribution in [0.5, 0.6) is 0 Å². The van der Waals surface area contributed by atoms with Crippen molar-refractivity contribution in [2.45, 2.75) is 47.3 Å². The molecule has 0 fully saturated rings. The van der Waals surface area contributed by atoms with E-state index in [0.29, 0.717) is 32.2 Å². The lowest BCUT2D eigenvalue weighted by Gasteiger charge is -2.28. The van der Waals surface area contributed by atoms with Gasteiger partial charge >= 0.3 is 0 Å². The Morgan fingerprint density at radius 1 is 1.07 bits per heavy atom. The van der Waals surface area contributed by atoms with E-state index in [2.05, 4.69) is 54.8 Å². The van der Waals surface area contributed by atoms with Crippen LogP contribution < -0.4 is 4.90 Å². The molecule has 0 spiro atoms. The summed E-state index contributed by atoms with van der Waals surface area (Å²) >= 11 is 0. The number of hydrogen-bond donors (Lipinski definition) is 1. The normalized spacial score (nSPS) is 12.7. The number of aliphatic hydroxyl groups is 1. The van der Waals surface area contributed by atoms with E-state index >= 15 is 0 Å². The van der Waals surface area contributed by atoms with Crippen molar-refractivity contribution in [2.24, 2.45) is 5.92 Å². The van der Waals surface area contributed by atoms with Crippen LogP contribution in [0.25, 0.3) is 11.3 Å². The third kappa shape index (κ3) is 6.84. The van der Waals surface area contributed by atoms with Gasteiger partial charge in [-0.25, -0.2) is 0 Å². The number of nitrogens with zero attached hydrogens (tertiary/aromatic N) is 3. The lowest BCUT2D eigenvalue weighted by atomic mass is 10.1. The Bertz CT molecular complexity index is 699. The summed E-state index contributed by atoms with van der Waals surface area (Å²) < 4.78 is 11.2. The first kappa shape index (κ1) is 23.4. The quantitative estimate of drug-likeness (QED) is 0.545. The van der Waals surface area contributed by atoms with Crippen LogP contribution in [0.4, 0.5) is 5.88 Å². The van der Waals surface area contributed by atoms with Crippen molar-refractivity contribution in [3.8, 4) is 11.3 Å². The Kier molecular flexibility index (Phi) is 9.64. The van der Waals surface area contributed by atoms with E-state index in [1.807, 2.05) is 25.1 Å². The first-order valence-corrected chi connectivity index (χ1v) is 10.8. The molecular formula is C23H37N3O3. The van der Waals surface area contributed by atoms with E-state index in [-0.39, 0.29) is 0 Å². The number of hydrogen-bond acceptors (Lipinski definition) is 6. The molecule has 1 unspecified atom stereocenters. The molecule has 1 heterocycles. The van der Waals surface area contributed by atoms with Crippen LogP contribution in [-0.4, -0.2) is 60.7 Å². The number of ether oxygens (including phenoxy) is 1. The number of aromatic nitrogens is 1. The lowest BCUT2D eigenvalue weighted by molar-refractivity contribution is 0.0175. The maximum absolute atomic E-state index is 10.4. The molecule has 0 radical (unpaired) electrons. The molecule has 2 aromatic rings. The summed E-state index contributed by atoms with van der Waals surface area (Å²) in [4.78, 5) is 4.47. The van der Waals surface area contributed by atoms with Gasteiger partial charge in [0, 0.05) is 44.9 Å². The molecule has 29 heavy (non-hydrogen) atoms. The summed E-state index contributed by atoms with van der Waals surface area (Å²) in [5.41, 5.74) is 2.99. The van der Waals surface area contributed by atoms with Gasteiger partial charge in [-0.1, -0.05) is 49.3 Å². The van der Waals surface area contributed by atoms with Crippen molar-refractivity contribution in [2.75, 3.05) is 44.3 Å². The highest BCUT2D eigenvalue weighted by Crippen LogP contribution is 2.32. The van der Waals surface area contributed by atoms with Gasteiger partial charge in [-0.15, -0.1) is 0 Å². The molecule has 162 valence electrons. The van der Waals surface area contributed by atoms with E-state index in [4.69, 9.17) is 9.26 Å². The van der Waals surface area contributed by atoms with E-state index in [1.165, 1.54) is 0 Å².